The quantitative estimate of drug-likeness (QED) is 0.759. The number of rotatable bonds is 6. The number of carbonyl (C=O) groups is 1. The van der Waals surface area contributed by atoms with Crippen molar-refractivity contribution in [3.8, 4) is 0 Å². The number of hydrogen-bond acceptors (Lipinski definition) is 5. The Hall–Kier alpha value is -1.56. The molecule has 0 aliphatic carbocycles. The summed E-state index contributed by atoms with van der Waals surface area (Å²) in [5.41, 5.74) is 5.73. The van der Waals surface area contributed by atoms with Crippen LogP contribution in [0.3, 0.4) is 0 Å². The lowest BCUT2D eigenvalue weighted by Gasteiger charge is -2.13. The highest BCUT2D eigenvalue weighted by Crippen LogP contribution is 2.25. The Kier molecular flexibility index (Phi) is 4.96. The minimum absolute atomic E-state index is 0.121. The van der Waals surface area contributed by atoms with Crippen molar-refractivity contribution in [1.82, 2.24) is 9.88 Å². The van der Waals surface area contributed by atoms with Gasteiger partial charge in [-0.2, -0.15) is 0 Å². The summed E-state index contributed by atoms with van der Waals surface area (Å²) in [6.07, 6.45) is 2.67. The Bertz CT molecular complexity index is 402. The number of nitrogens with one attached hydrogen (secondary N) is 1. The van der Waals surface area contributed by atoms with Crippen LogP contribution in [0.5, 0.6) is 0 Å². The van der Waals surface area contributed by atoms with E-state index >= 15 is 0 Å². The van der Waals surface area contributed by atoms with Crippen LogP contribution in [0.15, 0.2) is 12.7 Å². The van der Waals surface area contributed by atoms with Crippen LogP contribution in [-0.2, 0) is 0 Å². The van der Waals surface area contributed by atoms with E-state index in [-0.39, 0.29) is 11.7 Å². The number of likely N-dealkylation sites (N-methyl/N-ethyl adjacent to an activating group) is 1. The van der Waals surface area contributed by atoms with Gasteiger partial charge in [0.25, 0.3) is 5.91 Å². The van der Waals surface area contributed by atoms with E-state index in [2.05, 4.69) is 23.8 Å². The van der Waals surface area contributed by atoms with Crippen molar-refractivity contribution in [3.05, 3.63) is 17.5 Å². The number of anilines is 2. The molecule has 0 saturated carbocycles. The molecule has 6 heteroatoms. The SMILES string of the molecule is C=CCN(C)C(=O)c1sc(NCCC)nc1N. The molecule has 0 radical (unpaired) electrons. The number of carbonyl (C=O) groups excluding carboxylic acids is 1. The van der Waals surface area contributed by atoms with Gasteiger partial charge in [0.1, 0.15) is 10.7 Å². The maximum atomic E-state index is 12.0. The molecule has 0 unspecified atom stereocenters. The Morgan fingerprint density at radius 3 is 3.00 bits per heavy atom. The predicted molar refractivity (Wildman–Crippen MR) is 72.5 cm³/mol. The third-order valence-electron chi connectivity index (χ3n) is 2.12. The highest BCUT2D eigenvalue weighted by Gasteiger charge is 2.18. The van der Waals surface area contributed by atoms with E-state index in [1.165, 1.54) is 11.3 Å². The van der Waals surface area contributed by atoms with Crippen molar-refractivity contribution in [1.29, 1.82) is 0 Å². The summed E-state index contributed by atoms with van der Waals surface area (Å²) in [5.74, 6) is 0.166. The van der Waals surface area contributed by atoms with Crippen LogP contribution in [0.4, 0.5) is 10.9 Å². The highest BCUT2D eigenvalue weighted by atomic mass is 32.1. The van der Waals surface area contributed by atoms with Gasteiger partial charge in [-0.1, -0.05) is 24.3 Å². The van der Waals surface area contributed by atoms with Gasteiger partial charge >= 0.3 is 0 Å². The smallest absolute Gasteiger partial charge is 0.267 e. The standard InChI is InChI=1S/C11H18N4OS/c1-4-6-13-11-14-9(12)8(17-11)10(16)15(3)7-5-2/h5H,2,4,6-7,12H2,1,3H3,(H,13,14). The predicted octanol–water partition coefficient (Wildman–Crippen LogP) is 1.81. The van der Waals surface area contributed by atoms with Gasteiger partial charge in [-0.3, -0.25) is 4.79 Å². The lowest BCUT2D eigenvalue weighted by atomic mass is 10.4. The van der Waals surface area contributed by atoms with E-state index in [0.717, 1.165) is 13.0 Å². The van der Waals surface area contributed by atoms with Crippen LogP contribution in [0.2, 0.25) is 0 Å². The van der Waals surface area contributed by atoms with E-state index in [4.69, 9.17) is 5.73 Å². The maximum absolute atomic E-state index is 12.0. The Morgan fingerprint density at radius 1 is 1.71 bits per heavy atom. The van der Waals surface area contributed by atoms with Crippen LogP contribution in [0.25, 0.3) is 0 Å². The van der Waals surface area contributed by atoms with Crippen LogP contribution in [0.1, 0.15) is 23.0 Å². The first kappa shape index (κ1) is 13.5. The highest BCUT2D eigenvalue weighted by molar-refractivity contribution is 7.18. The zero-order valence-corrected chi connectivity index (χ0v) is 11.0. The number of nitrogens with two attached hydrogens (primary N) is 1. The van der Waals surface area contributed by atoms with E-state index in [1.807, 2.05) is 0 Å². The molecule has 1 aromatic rings. The second-order valence-electron chi connectivity index (χ2n) is 3.63. The monoisotopic (exact) mass is 254 g/mol. The fourth-order valence-electron chi connectivity index (χ4n) is 1.24. The second-order valence-corrected chi connectivity index (χ2v) is 4.63. The summed E-state index contributed by atoms with van der Waals surface area (Å²) in [7, 11) is 1.71. The molecule has 94 valence electrons. The zero-order valence-electron chi connectivity index (χ0n) is 10.2. The number of nitrogen functional groups attached to an aromatic ring is 1. The normalized spacial score (nSPS) is 10.0. The van der Waals surface area contributed by atoms with Gasteiger partial charge in [0.15, 0.2) is 5.13 Å². The van der Waals surface area contributed by atoms with Crippen LogP contribution >= 0.6 is 11.3 Å². The first-order chi connectivity index (χ1) is 8.10. The number of thiazole rings is 1. The van der Waals surface area contributed by atoms with Gasteiger partial charge in [0, 0.05) is 20.1 Å². The average molecular weight is 254 g/mol. The molecule has 0 aliphatic rings. The fraction of sp³-hybridized carbons (Fsp3) is 0.455. The molecule has 0 atom stereocenters. The van der Waals surface area contributed by atoms with Crippen molar-refractivity contribution < 1.29 is 4.79 Å². The number of aromatic nitrogens is 1. The molecule has 0 saturated heterocycles. The Morgan fingerprint density at radius 2 is 2.41 bits per heavy atom. The largest absolute Gasteiger partial charge is 0.382 e. The Balaban J connectivity index is 2.79. The zero-order chi connectivity index (χ0) is 12.8. The summed E-state index contributed by atoms with van der Waals surface area (Å²) in [5, 5.41) is 3.81. The van der Waals surface area contributed by atoms with Gasteiger partial charge in [-0.15, -0.1) is 6.58 Å². The van der Waals surface area contributed by atoms with Crippen LogP contribution < -0.4 is 11.1 Å². The summed E-state index contributed by atoms with van der Waals surface area (Å²) in [6, 6.07) is 0. The third-order valence-corrected chi connectivity index (χ3v) is 3.14. The summed E-state index contributed by atoms with van der Waals surface area (Å²) in [6.45, 7) is 6.97. The minimum atomic E-state index is -0.121. The van der Waals surface area contributed by atoms with Crippen molar-refractivity contribution in [2.75, 3.05) is 31.2 Å². The molecule has 0 fully saturated rings. The van der Waals surface area contributed by atoms with Gasteiger partial charge < -0.3 is 16.0 Å². The van der Waals surface area contributed by atoms with E-state index in [9.17, 15) is 4.79 Å². The molecule has 0 aromatic carbocycles. The third kappa shape index (κ3) is 3.45. The summed E-state index contributed by atoms with van der Waals surface area (Å²) >= 11 is 1.29. The summed E-state index contributed by atoms with van der Waals surface area (Å²) in [4.78, 5) is 18.1. The van der Waals surface area contributed by atoms with Gasteiger partial charge in [-0.25, -0.2) is 4.98 Å². The molecule has 5 nitrogen and oxygen atoms in total. The second kappa shape index (κ2) is 6.24. The molecule has 0 bridgehead atoms. The number of nitrogens with zero attached hydrogens (tertiary/aromatic N) is 2. The van der Waals surface area contributed by atoms with Crippen LogP contribution in [0, 0.1) is 0 Å². The molecule has 1 heterocycles. The van der Waals surface area contributed by atoms with Gasteiger partial charge in [0.05, 0.1) is 0 Å². The summed E-state index contributed by atoms with van der Waals surface area (Å²) < 4.78 is 0. The molecule has 1 rings (SSSR count). The first-order valence-corrected chi connectivity index (χ1v) is 6.28. The fourth-order valence-corrected chi connectivity index (χ4v) is 2.15. The average Bonchev–Trinajstić information content (AvgIpc) is 2.67. The number of hydrogen-bond donors (Lipinski definition) is 2. The lowest BCUT2D eigenvalue weighted by molar-refractivity contribution is 0.0815. The molecule has 0 spiro atoms. The van der Waals surface area contributed by atoms with Crippen molar-refractivity contribution in [2.45, 2.75) is 13.3 Å². The molecule has 0 aliphatic heterocycles. The van der Waals surface area contributed by atoms with Gasteiger partial charge in [0.2, 0.25) is 0 Å². The molecule has 17 heavy (non-hydrogen) atoms. The molecular formula is C11H18N4OS. The molecule has 1 amide bonds. The Labute approximate surface area is 105 Å². The van der Waals surface area contributed by atoms with E-state index in [0.29, 0.717) is 16.6 Å². The van der Waals surface area contributed by atoms with E-state index in [1.54, 1.807) is 18.0 Å². The van der Waals surface area contributed by atoms with E-state index < -0.39 is 0 Å². The molecular weight excluding hydrogens is 236 g/mol. The topological polar surface area (TPSA) is 71.2 Å². The van der Waals surface area contributed by atoms with Crippen molar-refractivity contribution >= 4 is 28.2 Å². The van der Waals surface area contributed by atoms with Crippen molar-refractivity contribution in [3.63, 3.8) is 0 Å². The lowest BCUT2D eigenvalue weighted by Crippen LogP contribution is -2.26. The first-order valence-electron chi connectivity index (χ1n) is 5.46. The van der Waals surface area contributed by atoms with Gasteiger partial charge in [-0.05, 0) is 6.42 Å². The molecule has 3 N–H and O–H groups in total. The van der Waals surface area contributed by atoms with Crippen molar-refractivity contribution in [2.24, 2.45) is 0 Å². The van der Waals surface area contributed by atoms with Crippen LogP contribution in [-0.4, -0.2) is 35.9 Å². The number of amides is 1. The minimum Gasteiger partial charge on any atom is -0.382 e. The maximum Gasteiger partial charge on any atom is 0.267 e. The molecule has 1 aromatic heterocycles.